The molecule has 1 heterocycles. The molecule has 0 saturated carbocycles. The highest BCUT2D eigenvalue weighted by molar-refractivity contribution is 4.75. The molecule has 1 aliphatic rings. The van der Waals surface area contributed by atoms with Crippen LogP contribution in [0.2, 0.25) is 0 Å². The summed E-state index contributed by atoms with van der Waals surface area (Å²) in [5.41, 5.74) is 0. The minimum Gasteiger partial charge on any atom is -0.394 e. The van der Waals surface area contributed by atoms with Crippen LogP contribution in [0.1, 0.15) is 12.8 Å². The Bertz CT molecular complexity index is 116. The Morgan fingerprint density at radius 3 is 2.67 bits per heavy atom. The predicted octanol–water partition coefficient (Wildman–Crippen LogP) is -1.32. The molecule has 4 N–H and O–H groups in total. The molecule has 0 aliphatic carbocycles. The number of piperidine rings is 1. The zero-order valence-electron chi connectivity index (χ0n) is 7.29. The number of hydrogen-bond donors (Lipinski definition) is 4. The molecule has 1 saturated heterocycles. The van der Waals surface area contributed by atoms with E-state index in [1.807, 2.05) is 0 Å². The van der Waals surface area contributed by atoms with E-state index in [-0.39, 0.29) is 6.61 Å². The molecule has 0 aromatic carbocycles. The van der Waals surface area contributed by atoms with Crippen LogP contribution in [0.25, 0.3) is 0 Å². The molecule has 4 heteroatoms. The third-order valence-corrected chi connectivity index (χ3v) is 2.19. The number of aliphatic hydroxyl groups is 2. The van der Waals surface area contributed by atoms with E-state index >= 15 is 0 Å². The van der Waals surface area contributed by atoms with Crippen LogP contribution in [-0.4, -0.2) is 48.6 Å². The van der Waals surface area contributed by atoms with Crippen molar-refractivity contribution in [1.29, 1.82) is 0 Å². The second-order valence-electron chi connectivity index (χ2n) is 3.27. The van der Waals surface area contributed by atoms with Crippen LogP contribution in [0, 0.1) is 0 Å². The zero-order chi connectivity index (χ0) is 8.81. The van der Waals surface area contributed by atoms with E-state index in [0.29, 0.717) is 12.6 Å². The Balaban J connectivity index is 2.05. The first-order chi connectivity index (χ1) is 5.83. The fraction of sp³-hybridized carbons (Fsp3) is 1.00. The highest BCUT2D eigenvalue weighted by Gasteiger charge is 2.12. The summed E-state index contributed by atoms with van der Waals surface area (Å²) in [6.07, 6.45) is 1.61. The molecule has 1 aliphatic heterocycles. The van der Waals surface area contributed by atoms with Crippen molar-refractivity contribution in [2.75, 3.05) is 26.2 Å². The lowest BCUT2D eigenvalue weighted by Gasteiger charge is -2.24. The summed E-state index contributed by atoms with van der Waals surface area (Å²) in [6.45, 7) is 2.44. The molecule has 0 aromatic heterocycles. The van der Waals surface area contributed by atoms with E-state index in [2.05, 4.69) is 10.6 Å². The molecular weight excluding hydrogens is 156 g/mol. The van der Waals surface area contributed by atoms with E-state index in [9.17, 15) is 0 Å². The monoisotopic (exact) mass is 174 g/mol. The molecule has 0 spiro atoms. The number of nitrogens with one attached hydrogen (secondary N) is 2. The van der Waals surface area contributed by atoms with Crippen molar-refractivity contribution < 1.29 is 10.2 Å². The number of hydrogen-bond acceptors (Lipinski definition) is 4. The summed E-state index contributed by atoms with van der Waals surface area (Å²) in [5, 5.41) is 24.1. The SMILES string of the molecule is OC[C@H](O)CNC1CCNCC1. The summed E-state index contributed by atoms with van der Waals surface area (Å²) in [4.78, 5) is 0. The van der Waals surface area contributed by atoms with Crippen molar-refractivity contribution >= 4 is 0 Å². The minimum absolute atomic E-state index is 0.155. The van der Waals surface area contributed by atoms with Gasteiger partial charge in [0.1, 0.15) is 0 Å². The molecule has 0 amide bonds. The maximum absolute atomic E-state index is 9.06. The lowest BCUT2D eigenvalue weighted by Crippen LogP contribution is -2.43. The van der Waals surface area contributed by atoms with Crippen LogP contribution in [0.5, 0.6) is 0 Å². The maximum atomic E-state index is 9.06. The van der Waals surface area contributed by atoms with Gasteiger partial charge in [-0.1, -0.05) is 0 Å². The van der Waals surface area contributed by atoms with Gasteiger partial charge in [-0.2, -0.15) is 0 Å². The molecule has 1 fully saturated rings. The van der Waals surface area contributed by atoms with E-state index in [0.717, 1.165) is 25.9 Å². The van der Waals surface area contributed by atoms with Gasteiger partial charge >= 0.3 is 0 Å². The third-order valence-electron chi connectivity index (χ3n) is 2.19. The van der Waals surface area contributed by atoms with Gasteiger partial charge in [0.25, 0.3) is 0 Å². The zero-order valence-corrected chi connectivity index (χ0v) is 7.29. The Morgan fingerprint density at radius 1 is 1.42 bits per heavy atom. The molecule has 1 rings (SSSR count). The van der Waals surface area contributed by atoms with Crippen LogP contribution < -0.4 is 10.6 Å². The van der Waals surface area contributed by atoms with Gasteiger partial charge < -0.3 is 20.8 Å². The summed E-state index contributed by atoms with van der Waals surface area (Å²) < 4.78 is 0. The van der Waals surface area contributed by atoms with Crippen LogP contribution in [0.3, 0.4) is 0 Å². The largest absolute Gasteiger partial charge is 0.394 e. The van der Waals surface area contributed by atoms with Crippen molar-refractivity contribution in [3.63, 3.8) is 0 Å². The summed E-state index contributed by atoms with van der Waals surface area (Å²) in [7, 11) is 0. The molecule has 0 unspecified atom stereocenters. The van der Waals surface area contributed by atoms with Gasteiger partial charge in [0.15, 0.2) is 0 Å². The van der Waals surface area contributed by atoms with Gasteiger partial charge in [-0.05, 0) is 25.9 Å². The first kappa shape index (κ1) is 9.92. The van der Waals surface area contributed by atoms with Crippen molar-refractivity contribution in [2.24, 2.45) is 0 Å². The van der Waals surface area contributed by atoms with Gasteiger partial charge in [-0.3, -0.25) is 0 Å². The first-order valence-electron chi connectivity index (χ1n) is 4.56. The van der Waals surface area contributed by atoms with Crippen LogP contribution in [-0.2, 0) is 0 Å². The third kappa shape index (κ3) is 3.49. The second kappa shape index (κ2) is 5.48. The van der Waals surface area contributed by atoms with Crippen molar-refractivity contribution in [3.8, 4) is 0 Å². The summed E-state index contributed by atoms with van der Waals surface area (Å²) in [5.74, 6) is 0. The van der Waals surface area contributed by atoms with Gasteiger partial charge in [-0.25, -0.2) is 0 Å². The number of aliphatic hydroxyl groups excluding tert-OH is 2. The molecule has 0 aromatic rings. The smallest absolute Gasteiger partial charge is 0.0895 e. The minimum atomic E-state index is -0.611. The molecule has 4 nitrogen and oxygen atoms in total. The number of rotatable bonds is 4. The van der Waals surface area contributed by atoms with Crippen LogP contribution >= 0.6 is 0 Å². The maximum Gasteiger partial charge on any atom is 0.0895 e. The predicted molar refractivity (Wildman–Crippen MR) is 47.0 cm³/mol. The molecule has 0 radical (unpaired) electrons. The first-order valence-corrected chi connectivity index (χ1v) is 4.56. The Labute approximate surface area is 73.0 Å². The summed E-state index contributed by atoms with van der Waals surface area (Å²) >= 11 is 0. The van der Waals surface area contributed by atoms with Crippen LogP contribution in [0.15, 0.2) is 0 Å². The Hall–Kier alpha value is -0.160. The molecule has 0 bridgehead atoms. The van der Waals surface area contributed by atoms with Gasteiger partial charge in [0.2, 0.25) is 0 Å². The Kier molecular flexibility index (Phi) is 4.53. The van der Waals surface area contributed by atoms with E-state index < -0.39 is 6.10 Å². The fourth-order valence-corrected chi connectivity index (χ4v) is 1.39. The van der Waals surface area contributed by atoms with E-state index in [1.165, 1.54) is 0 Å². The van der Waals surface area contributed by atoms with E-state index in [4.69, 9.17) is 10.2 Å². The molecule has 72 valence electrons. The van der Waals surface area contributed by atoms with Gasteiger partial charge in [-0.15, -0.1) is 0 Å². The lowest BCUT2D eigenvalue weighted by atomic mass is 10.1. The van der Waals surface area contributed by atoms with Gasteiger partial charge in [0.05, 0.1) is 12.7 Å². The highest BCUT2D eigenvalue weighted by Crippen LogP contribution is 2.01. The van der Waals surface area contributed by atoms with E-state index in [1.54, 1.807) is 0 Å². The average molecular weight is 174 g/mol. The van der Waals surface area contributed by atoms with Crippen LogP contribution in [0.4, 0.5) is 0 Å². The summed E-state index contributed by atoms with van der Waals surface area (Å²) in [6, 6.07) is 0.507. The highest BCUT2D eigenvalue weighted by atomic mass is 16.3. The fourth-order valence-electron chi connectivity index (χ4n) is 1.39. The normalized spacial score (nSPS) is 22.5. The average Bonchev–Trinajstić information content (AvgIpc) is 2.16. The molecule has 12 heavy (non-hydrogen) atoms. The molecule has 1 atom stereocenters. The van der Waals surface area contributed by atoms with Crippen molar-refractivity contribution in [3.05, 3.63) is 0 Å². The lowest BCUT2D eigenvalue weighted by molar-refractivity contribution is 0.0907. The van der Waals surface area contributed by atoms with Gasteiger partial charge in [0, 0.05) is 12.6 Å². The van der Waals surface area contributed by atoms with Crippen molar-refractivity contribution in [2.45, 2.75) is 25.0 Å². The quantitative estimate of drug-likeness (QED) is 0.427. The molecular formula is C8H18N2O2. The Morgan fingerprint density at radius 2 is 2.08 bits per heavy atom. The topological polar surface area (TPSA) is 64.5 Å². The van der Waals surface area contributed by atoms with Crippen molar-refractivity contribution in [1.82, 2.24) is 10.6 Å². The second-order valence-corrected chi connectivity index (χ2v) is 3.27. The standard InChI is InChI=1S/C8H18N2O2/c11-6-8(12)5-10-7-1-3-9-4-2-7/h7-12H,1-6H2/t8-/m1/s1.